The highest BCUT2D eigenvalue weighted by Crippen LogP contribution is 2.10. The van der Waals surface area contributed by atoms with Crippen LogP contribution in [0.5, 0.6) is 0 Å². The maximum Gasteiger partial charge on any atom is 0.277 e. The van der Waals surface area contributed by atoms with Crippen LogP contribution < -0.4 is 16.4 Å². The fraction of sp³-hybridized carbons (Fsp3) is 0.250. The fourth-order valence-corrected chi connectivity index (χ4v) is 1.80. The quantitative estimate of drug-likeness (QED) is 0.676. The number of nitrogens with zero attached hydrogens (tertiary/aromatic N) is 2. The highest BCUT2D eigenvalue weighted by molar-refractivity contribution is 9.10. The summed E-state index contributed by atoms with van der Waals surface area (Å²) < 4.78 is 5.40. The highest BCUT2D eigenvalue weighted by atomic mass is 79.9. The molecule has 4 N–H and O–H groups in total. The largest absolute Gasteiger partial charge is 0.379 e. The molecule has 0 saturated carbocycles. The molecule has 0 aliphatic rings. The van der Waals surface area contributed by atoms with Gasteiger partial charge in [-0.3, -0.25) is 4.79 Å². The number of rotatable bonds is 6. The lowest BCUT2D eigenvalue weighted by Gasteiger charge is -2.06. The summed E-state index contributed by atoms with van der Waals surface area (Å²) in [4.78, 5) is 11.6. The summed E-state index contributed by atoms with van der Waals surface area (Å²) in [6, 6.07) is 8.02. The number of carbonyl (C=O) groups is 1. The number of nitrogens with one attached hydrogen (secondary N) is 2. The molecule has 2 aromatic rings. The number of carbonyl (C=O) groups excluding carboxylic acids is 1. The number of hydrogen-bond donors (Lipinski definition) is 3. The van der Waals surface area contributed by atoms with E-state index in [2.05, 4.69) is 41.5 Å². The maximum absolute atomic E-state index is 11.6. The molecule has 0 radical (unpaired) electrons. The SMILES string of the molecule is Nc1nonc1C(=O)NCCNCc1ccc(Br)cc1. The summed E-state index contributed by atoms with van der Waals surface area (Å²) in [6.45, 7) is 1.82. The van der Waals surface area contributed by atoms with Crippen molar-refractivity contribution in [1.82, 2.24) is 20.9 Å². The number of aromatic nitrogens is 2. The van der Waals surface area contributed by atoms with Gasteiger partial charge in [0.2, 0.25) is 11.5 Å². The molecule has 0 bridgehead atoms. The van der Waals surface area contributed by atoms with E-state index in [4.69, 9.17) is 5.73 Å². The van der Waals surface area contributed by atoms with Crippen molar-refractivity contribution in [3.05, 3.63) is 40.0 Å². The molecule has 1 amide bonds. The van der Waals surface area contributed by atoms with Crippen LogP contribution in [0.2, 0.25) is 0 Å². The van der Waals surface area contributed by atoms with E-state index in [0.717, 1.165) is 11.0 Å². The van der Waals surface area contributed by atoms with Crippen molar-refractivity contribution in [2.45, 2.75) is 6.54 Å². The van der Waals surface area contributed by atoms with E-state index in [1.165, 1.54) is 5.56 Å². The third kappa shape index (κ3) is 4.04. The van der Waals surface area contributed by atoms with Crippen LogP contribution in [-0.4, -0.2) is 29.3 Å². The second-order valence-corrected chi connectivity index (χ2v) is 4.97. The van der Waals surface area contributed by atoms with Gasteiger partial charge in [0.25, 0.3) is 5.91 Å². The minimum absolute atomic E-state index is 0.00896. The summed E-state index contributed by atoms with van der Waals surface area (Å²) in [5.74, 6) is -0.403. The molecule has 1 aromatic heterocycles. The first-order valence-corrected chi connectivity index (χ1v) is 6.77. The lowest BCUT2D eigenvalue weighted by atomic mass is 10.2. The molecule has 0 spiro atoms. The molecule has 0 aliphatic carbocycles. The number of halogens is 1. The summed E-state index contributed by atoms with van der Waals surface area (Å²) in [5, 5.41) is 12.6. The van der Waals surface area contributed by atoms with Gasteiger partial charge in [0.15, 0.2) is 0 Å². The molecule has 1 aromatic carbocycles. The average molecular weight is 340 g/mol. The molecule has 106 valence electrons. The van der Waals surface area contributed by atoms with Crippen molar-refractivity contribution in [1.29, 1.82) is 0 Å². The molecule has 0 atom stereocenters. The van der Waals surface area contributed by atoms with Crippen molar-refractivity contribution in [3.8, 4) is 0 Å². The summed E-state index contributed by atoms with van der Waals surface area (Å²) in [7, 11) is 0. The van der Waals surface area contributed by atoms with Gasteiger partial charge in [-0.2, -0.15) is 0 Å². The van der Waals surface area contributed by atoms with E-state index in [-0.39, 0.29) is 11.5 Å². The Kier molecular flexibility index (Phi) is 5.08. The van der Waals surface area contributed by atoms with Gasteiger partial charge in [-0.1, -0.05) is 28.1 Å². The normalized spacial score (nSPS) is 10.4. The van der Waals surface area contributed by atoms with Gasteiger partial charge < -0.3 is 16.4 Å². The van der Waals surface area contributed by atoms with Gasteiger partial charge >= 0.3 is 0 Å². The van der Waals surface area contributed by atoms with Crippen molar-refractivity contribution in [2.75, 3.05) is 18.8 Å². The number of nitrogens with two attached hydrogens (primary N) is 1. The van der Waals surface area contributed by atoms with Gasteiger partial charge in [0.1, 0.15) is 0 Å². The Morgan fingerprint density at radius 1 is 1.25 bits per heavy atom. The number of nitrogen functional groups attached to an aromatic ring is 1. The number of anilines is 1. The smallest absolute Gasteiger partial charge is 0.277 e. The molecule has 2 rings (SSSR count). The van der Waals surface area contributed by atoms with E-state index >= 15 is 0 Å². The first kappa shape index (κ1) is 14.5. The molecule has 0 fully saturated rings. The Morgan fingerprint density at radius 2 is 2.00 bits per heavy atom. The zero-order valence-corrected chi connectivity index (χ0v) is 12.2. The van der Waals surface area contributed by atoms with Crippen LogP contribution in [0.15, 0.2) is 33.4 Å². The molecule has 0 unspecified atom stereocenters. The van der Waals surface area contributed by atoms with E-state index in [1.54, 1.807) is 0 Å². The number of hydrogen-bond acceptors (Lipinski definition) is 6. The van der Waals surface area contributed by atoms with Crippen LogP contribution in [0.1, 0.15) is 16.1 Å². The van der Waals surface area contributed by atoms with E-state index in [0.29, 0.717) is 13.1 Å². The third-order valence-electron chi connectivity index (χ3n) is 2.56. The van der Waals surface area contributed by atoms with Crippen LogP contribution in [0.25, 0.3) is 0 Å². The Labute approximate surface area is 124 Å². The number of amides is 1. The first-order valence-electron chi connectivity index (χ1n) is 5.98. The monoisotopic (exact) mass is 339 g/mol. The highest BCUT2D eigenvalue weighted by Gasteiger charge is 2.14. The van der Waals surface area contributed by atoms with E-state index in [1.807, 2.05) is 24.3 Å². The van der Waals surface area contributed by atoms with Gasteiger partial charge in [0, 0.05) is 24.1 Å². The van der Waals surface area contributed by atoms with Crippen LogP contribution in [0.4, 0.5) is 5.82 Å². The molecule has 8 heteroatoms. The van der Waals surface area contributed by atoms with Gasteiger partial charge in [-0.25, -0.2) is 4.63 Å². The van der Waals surface area contributed by atoms with Crippen molar-refractivity contribution >= 4 is 27.7 Å². The van der Waals surface area contributed by atoms with Gasteiger partial charge in [-0.15, -0.1) is 0 Å². The molecule has 0 aliphatic heterocycles. The zero-order chi connectivity index (χ0) is 14.4. The predicted octanol–water partition coefficient (Wildman–Crippen LogP) is 0.934. The summed E-state index contributed by atoms with van der Waals surface area (Å²) >= 11 is 3.38. The second kappa shape index (κ2) is 7.01. The minimum atomic E-state index is -0.394. The lowest BCUT2D eigenvalue weighted by molar-refractivity contribution is 0.0944. The molecular weight excluding hydrogens is 326 g/mol. The lowest BCUT2D eigenvalue weighted by Crippen LogP contribution is -2.32. The van der Waals surface area contributed by atoms with Crippen LogP contribution in [-0.2, 0) is 6.54 Å². The first-order chi connectivity index (χ1) is 9.66. The van der Waals surface area contributed by atoms with Crippen LogP contribution in [0, 0.1) is 0 Å². The Bertz CT molecular complexity index is 569. The standard InChI is InChI=1S/C12H14BrN5O2/c13-9-3-1-8(2-4-9)7-15-5-6-16-12(19)10-11(14)18-20-17-10/h1-4,15H,5-7H2,(H2,14,18)(H,16,19). The molecule has 1 heterocycles. The maximum atomic E-state index is 11.6. The Hall–Kier alpha value is -1.93. The molecular formula is C12H14BrN5O2. The average Bonchev–Trinajstić information content (AvgIpc) is 2.86. The Morgan fingerprint density at radius 3 is 2.65 bits per heavy atom. The summed E-state index contributed by atoms with van der Waals surface area (Å²) in [5.41, 5.74) is 6.60. The zero-order valence-electron chi connectivity index (χ0n) is 10.6. The van der Waals surface area contributed by atoms with Crippen molar-refractivity contribution in [2.24, 2.45) is 0 Å². The predicted molar refractivity (Wildman–Crippen MR) is 76.9 cm³/mol. The minimum Gasteiger partial charge on any atom is -0.379 e. The molecule has 20 heavy (non-hydrogen) atoms. The van der Waals surface area contributed by atoms with Crippen LogP contribution in [0.3, 0.4) is 0 Å². The van der Waals surface area contributed by atoms with E-state index < -0.39 is 5.91 Å². The van der Waals surface area contributed by atoms with Gasteiger partial charge in [0.05, 0.1) is 0 Å². The second-order valence-electron chi connectivity index (χ2n) is 4.06. The van der Waals surface area contributed by atoms with Crippen LogP contribution >= 0.6 is 15.9 Å². The van der Waals surface area contributed by atoms with Crippen molar-refractivity contribution in [3.63, 3.8) is 0 Å². The van der Waals surface area contributed by atoms with Gasteiger partial charge in [-0.05, 0) is 28.0 Å². The molecule has 7 nitrogen and oxygen atoms in total. The van der Waals surface area contributed by atoms with E-state index in [9.17, 15) is 4.79 Å². The topological polar surface area (TPSA) is 106 Å². The Balaban J connectivity index is 1.66. The third-order valence-corrected chi connectivity index (χ3v) is 3.09. The summed E-state index contributed by atoms with van der Waals surface area (Å²) in [6.07, 6.45) is 0. The van der Waals surface area contributed by atoms with Crippen molar-refractivity contribution < 1.29 is 9.42 Å². The molecule has 0 saturated heterocycles. The number of benzene rings is 1. The fourth-order valence-electron chi connectivity index (χ4n) is 1.54.